The van der Waals surface area contributed by atoms with Gasteiger partial charge in [-0.1, -0.05) is 0 Å². The van der Waals surface area contributed by atoms with E-state index in [1.165, 1.54) is 0 Å². The number of hydrogen-bond donors (Lipinski definition) is 1. The molecule has 0 aromatic heterocycles. The highest BCUT2D eigenvalue weighted by molar-refractivity contribution is 6.26. The molecule has 0 aromatic carbocycles. The predicted molar refractivity (Wildman–Crippen MR) is 24.1 cm³/mol. The van der Waals surface area contributed by atoms with Crippen LogP contribution in [-0.2, 0) is 4.79 Å². The molecular formula is C2H3ClMgO2. The van der Waals surface area contributed by atoms with Crippen LogP contribution >= 0.6 is 11.6 Å². The molecule has 32 valence electrons. The van der Waals surface area contributed by atoms with E-state index >= 15 is 0 Å². The Bertz CT molecular complexity index is 46.8. The third kappa shape index (κ3) is 8.82. The first-order valence-electron chi connectivity index (χ1n) is 1.05. The van der Waals surface area contributed by atoms with Crippen LogP contribution in [0.5, 0.6) is 0 Å². The lowest BCUT2D eigenvalue weighted by Crippen LogP contribution is -1.92. The van der Waals surface area contributed by atoms with Crippen LogP contribution in [0.4, 0.5) is 0 Å². The molecule has 0 atom stereocenters. The third-order valence-corrected chi connectivity index (χ3v) is 0.343. The maximum absolute atomic E-state index is 9.24. The fourth-order valence-electron chi connectivity index (χ4n) is 0. The van der Waals surface area contributed by atoms with Gasteiger partial charge >= 0.3 is 5.97 Å². The average Bonchev–Trinajstić information content (AvgIpc) is 1.38. The Morgan fingerprint density at radius 3 is 2.00 bits per heavy atom. The van der Waals surface area contributed by atoms with Crippen molar-refractivity contribution in [2.45, 2.75) is 0 Å². The van der Waals surface area contributed by atoms with Crippen LogP contribution in [0.2, 0.25) is 0 Å². The van der Waals surface area contributed by atoms with Crippen molar-refractivity contribution in [2.24, 2.45) is 0 Å². The van der Waals surface area contributed by atoms with Crippen molar-refractivity contribution >= 4 is 40.6 Å². The first-order chi connectivity index (χ1) is 2.27. The lowest BCUT2D eigenvalue weighted by Gasteiger charge is -1.69. The van der Waals surface area contributed by atoms with Crippen LogP contribution in [0.25, 0.3) is 0 Å². The number of carboxylic acid groups (broad SMARTS) is 1. The fourth-order valence-corrected chi connectivity index (χ4v) is 0. The molecule has 4 heteroatoms. The molecule has 0 fully saturated rings. The van der Waals surface area contributed by atoms with Crippen LogP contribution in [0.1, 0.15) is 0 Å². The summed E-state index contributed by atoms with van der Waals surface area (Å²) in [5, 5.41) is 7.59. The molecule has 0 bridgehead atoms. The molecule has 2 radical (unpaired) electrons. The molecule has 0 aliphatic heterocycles. The molecule has 6 heavy (non-hydrogen) atoms. The van der Waals surface area contributed by atoms with Crippen molar-refractivity contribution in [1.29, 1.82) is 0 Å². The summed E-state index contributed by atoms with van der Waals surface area (Å²) in [5.74, 6) is -1.29. The fraction of sp³-hybridized carbons (Fsp3) is 0.500. The number of aliphatic carboxylic acids is 1. The number of alkyl halides is 1. The van der Waals surface area contributed by atoms with Gasteiger partial charge in [0.2, 0.25) is 0 Å². The number of carboxylic acids is 1. The topological polar surface area (TPSA) is 37.3 Å². The quantitative estimate of drug-likeness (QED) is 0.387. The Balaban J connectivity index is 0. The molecule has 0 heterocycles. The minimum atomic E-state index is -0.980. The second-order valence-electron chi connectivity index (χ2n) is 0.527. The van der Waals surface area contributed by atoms with Crippen molar-refractivity contribution < 1.29 is 9.90 Å². The molecule has 0 aromatic rings. The highest BCUT2D eigenvalue weighted by atomic mass is 35.5. The van der Waals surface area contributed by atoms with E-state index in [1.54, 1.807) is 0 Å². The number of hydrogen-bond acceptors (Lipinski definition) is 1. The van der Waals surface area contributed by atoms with Gasteiger partial charge < -0.3 is 5.11 Å². The highest BCUT2D eigenvalue weighted by Crippen LogP contribution is 1.67. The Labute approximate surface area is 56.6 Å². The molecular weight excluding hydrogens is 116 g/mol. The van der Waals surface area contributed by atoms with Crippen molar-refractivity contribution in [1.82, 2.24) is 0 Å². The molecule has 0 rings (SSSR count). The van der Waals surface area contributed by atoms with Crippen molar-refractivity contribution in [3.05, 3.63) is 0 Å². The van der Waals surface area contributed by atoms with Gasteiger partial charge in [0.25, 0.3) is 0 Å². The summed E-state index contributed by atoms with van der Waals surface area (Å²) in [6, 6.07) is 0. The standard InChI is InChI=1S/C2H3ClO2.Mg/c3-1-2(4)5;/h1H2,(H,4,5);. The Morgan fingerprint density at radius 1 is 1.83 bits per heavy atom. The highest BCUT2D eigenvalue weighted by Gasteiger charge is 1.83. The summed E-state index contributed by atoms with van der Waals surface area (Å²) in [7, 11) is 0. The molecule has 0 aliphatic carbocycles. The van der Waals surface area contributed by atoms with E-state index in [1.807, 2.05) is 0 Å². The predicted octanol–water partition coefficient (Wildman–Crippen LogP) is -0.0710. The van der Waals surface area contributed by atoms with E-state index in [4.69, 9.17) is 16.7 Å². The van der Waals surface area contributed by atoms with Crippen LogP contribution in [0.3, 0.4) is 0 Å². The van der Waals surface area contributed by atoms with E-state index < -0.39 is 5.97 Å². The summed E-state index contributed by atoms with van der Waals surface area (Å²) >= 11 is 4.74. The second-order valence-corrected chi connectivity index (χ2v) is 0.795. The van der Waals surface area contributed by atoms with E-state index in [0.717, 1.165) is 0 Å². The number of carbonyl (C=O) groups is 1. The van der Waals surface area contributed by atoms with E-state index in [9.17, 15) is 4.79 Å². The maximum atomic E-state index is 9.24. The average molecular weight is 119 g/mol. The zero-order chi connectivity index (χ0) is 4.28. The van der Waals surface area contributed by atoms with E-state index in [0.29, 0.717) is 0 Å². The number of halogens is 1. The van der Waals surface area contributed by atoms with Gasteiger partial charge in [-0.25, -0.2) is 0 Å². The Kier molecular flexibility index (Phi) is 8.96. The molecule has 0 saturated carbocycles. The van der Waals surface area contributed by atoms with Crippen LogP contribution in [0.15, 0.2) is 0 Å². The third-order valence-electron chi connectivity index (χ3n) is 0.114. The van der Waals surface area contributed by atoms with Gasteiger partial charge in [0.15, 0.2) is 0 Å². The lowest BCUT2D eigenvalue weighted by molar-refractivity contribution is -0.134. The SMILES string of the molecule is O=C(O)CCl.[Mg]. The van der Waals surface area contributed by atoms with Crippen LogP contribution < -0.4 is 0 Å². The van der Waals surface area contributed by atoms with Gasteiger partial charge in [0, 0.05) is 23.1 Å². The summed E-state index contributed by atoms with van der Waals surface area (Å²) in [6.45, 7) is 0. The van der Waals surface area contributed by atoms with Gasteiger partial charge in [-0.15, -0.1) is 11.6 Å². The van der Waals surface area contributed by atoms with E-state index in [2.05, 4.69) is 0 Å². The van der Waals surface area contributed by atoms with Crippen LogP contribution in [0, 0.1) is 0 Å². The second kappa shape index (κ2) is 5.53. The largest absolute Gasteiger partial charge is 0.480 e. The molecule has 0 spiro atoms. The van der Waals surface area contributed by atoms with Gasteiger partial charge in [-0.3, -0.25) is 4.79 Å². The van der Waals surface area contributed by atoms with Crippen molar-refractivity contribution in [2.75, 3.05) is 5.88 Å². The van der Waals surface area contributed by atoms with E-state index in [-0.39, 0.29) is 28.9 Å². The maximum Gasteiger partial charge on any atom is 0.318 e. The minimum Gasteiger partial charge on any atom is -0.480 e. The first-order valence-corrected chi connectivity index (χ1v) is 1.58. The monoisotopic (exact) mass is 118 g/mol. The smallest absolute Gasteiger partial charge is 0.318 e. The molecule has 0 unspecified atom stereocenters. The Hall–Kier alpha value is 0.526. The summed E-state index contributed by atoms with van der Waals surface area (Å²) in [4.78, 5) is 9.24. The van der Waals surface area contributed by atoms with Gasteiger partial charge in [0.1, 0.15) is 5.88 Å². The Morgan fingerprint density at radius 2 is 2.00 bits per heavy atom. The normalized spacial score (nSPS) is 6.17. The van der Waals surface area contributed by atoms with Crippen molar-refractivity contribution in [3.63, 3.8) is 0 Å². The molecule has 1 N–H and O–H groups in total. The lowest BCUT2D eigenvalue weighted by atomic mass is 10.8. The van der Waals surface area contributed by atoms with Gasteiger partial charge in [-0.05, 0) is 0 Å². The van der Waals surface area contributed by atoms with Gasteiger partial charge in [-0.2, -0.15) is 0 Å². The zero-order valence-electron chi connectivity index (χ0n) is 3.15. The minimum absolute atomic E-state index is 0. The molecule has 2 nitrogen and oxygen atoms in total. The summed E-state index contributed by atoms with van der Waals surface area (Å²) < 4.78 is 0. The molecule has 0 amide bonds. The van der Waals surface area contributed by atoms with Crippen molar-refractivity contribution in [3.8, 4) is 0 Å². The molecule has 0 saturated heterocycles. The first kappa shape index (κ1) is 9.73. The number of rotatable bonds is 1. The molecule has 0 aliphatic rings. The van der Waals surface area contributed by atoms with Crippen LogP contribution in [-0.4, -0.2) is 40.0 Å². The van der Waals surface area contributed by atoms with Gasteiger partial charge in [0.05, 0.1) is 0 Å². The zero-order valence-corrected chi connectivity index (χ0v) is 5.32. The summed E-state index contributed by atoms with van der Waals surface area (Å²) in [6.07, 6.45) is 0. The summed E-state index contributed by atoms with van der Waals surface area (Å²) in [5.41, 5.74) is 0.